The number of amidine groups is 1. The van der Waals surface area contributed by atoms with Crippen molar-refractivity contribution >= 4 is 71.9 Å². The number of pyridine rings is 1. The lowest BCUT2D eigenvalue weighted by atomic mass is 9.85. The number of β-amino-alcohol motifs (C(OH)–C–C–N with tert-alkyl or cyclic N) is 1. The van der Waals surface area contributed by atoms with Crippen molar-refractivity contribution in [3.05, 3.63) is 92.3 Å². The van der Waals surface area contributed by atoms with Crippen LogP contribution in [0.1, 0.15) is 68.2 Å². The summed E-state index contributed by atoms with van der Waals surface area (Å²) >= 11 is 2.93. The average Bonchev–Trinajstić information content (AvgIpc) is 4.10. The zero-order valence-corrected chi connectivity index (χ0v) is 44.6. The number of hydrogen-bond donors (Lipinski definition) is 4. The number of aliphatic hydroxyl groups is 1. The molecule has 3 atom stereocenters. The molecule has 0 spiro atoms. The molecule has 3 aromatic heterocycles. The van der Waals surface area contributed by atoms with E-state index in [1.807, 2.05) is 76.5 Å². The Morgan fingerprint density at radius 1 is 0.973 bits per heavy atom. The molecule has 18 nitrogen and oxygen atoms in total. The van der Waals surface area contributed by atoms with Crippen LogP contribution < -0.4 is 26.7 Å². The molecule has 21 heteroatoms. The number of carbonyl (C=O) groups is 4. The van der Waals surface area contributed by atoms with E-state index >= 15 is 0 Å². The van der Waals surface area contributed by atoms with Crippen LogP contribution in [0.25, 0.3) is 31.7 Å². The van der Waals surface area contributed by atoms with Gasteiger partial charge in [-0.1, -0.05) is 51.1 Å². The highest BCUT2D eigenvalue weighted by molar-refractivity contribution is 7.91. The number of sulfone groups is 1. The summed E-state index contributed by atoms with van der Waals surface area (Å²) in [7, 11) is -1.36. The maximum absolute atomic E-state index is 14.0. The molecule has 392 valence electrons. The molecule has 0 bridgehead atoms. The number of ketones is 1. The molecule has 5 heterocycles. The number of amides is 3. The Bertz CT molecular complexity index is 3000. The van der Waals surface area contributed by atoms with Crippen LogP contribution in [0.4, 0.5) is 0 Å². The first kappa shape index (κ1) is 54.9. The fourth-order valence-electron chi connectivity index (χ4n) is 8.89. The fourth-order valence-corrected chi connectivity index (χ4v) is 12.3. The van der Waals surface area contributed by atoms with Gasteiger partial charge in [-0.05, 0) is 79.0 Å². The summed E-state index contributed by atoms with van der Waals surface area (Å²) in [5.41, 5.74) is 12.7. The summed E-state index contributed by atoms with van der Waals surface area (Å²) in [6.07, 6.45) is 2.54. The Morgan fingerprint density at radius 3 is 2.37 bits per heavy atom. The van der Waals surface area contributed by atoms with Crippen LogP contribution in [0.15, 0.2) is 70.0 Å². The summed E-state index contributed by atoms with van der Waals surface area (Å²) < 4.78 is 43.0. The average molecular weight is 1060 g/mol. The number of nitrogens with zero attached hydrogens (tertiary/aromatic N) is 4. The first-order valence-electron chi connectivity index (χ1n) is 24.3. The fraction of sp³-hybridized carbons (Fsp3) is 0.481. The van der Waals surface area contributed by atoms with Gasteiger partial charge in [-0.25, -0.2) is 13.4 Å². The number of nitrogens with two attached hydrogens (primary N) is 1. The van der Waals surface area contributed by atoms with Crippen LogP contribution in [-0.4, -0.2) is 139 Å². The highest BCUT2D eigenvalue weighted by Gasteiger charge is 2.44. The van der Waals surface area contributed by atoms with Crippen molar-refractivity contribution in [3.8, 4) is 27.3 Å². The van der Waals surface area contributed by atoms with Gasteiger partial charge in [0.15, 0.2) is 12.4 Å². The first-order valence-corrected chi connectivity index (χ1v) is 27.8. The molecule has 2 aromatic carbocycles. The van der Waals surface area contributed by atoms with Gasteiger partial charge < -0.3 is 45.2 Å². The number of benzene rings is 2. The van der Waals surface area contributed by atoms with Gasteiger partial charge in [0.2, 0.25) is 11.8 Å². The van der Waals surface area contributed by atoms with Crippen molar-refractivity contribution in [3.63, 3.8) is 0 Å². The van der Waals surface area contributed by atoms with E-state index in [1.165, 1.54) is 20.8 Å². The number of aryl methyl sites for hydroxylation is 4. The van der Waals surface area contributed by atoms with Crippen molar-refractivity contribution in [1.29, 1.82) is 0 Å². The van der Waals surface area contributed by atoms with E-state index in [2.05, 4.69) is 20.6 Å². The van der Waals surface area contributed by atoms with Gasteiger partial charge in [0.25, 0.3) is 11.5 Å². The number of hydrogen-bond acceptors (Lipinski definition) is 15. The Hall–Kier alpha value is -5.84. The zero-order valence-electron chi connectivity index (χ0n) is 42.1. The number of aliphatic hydroxyl groups excluding tert-OH is 1. The predicted molar refractivity (Wildman–Crippen MR) is 283 cm³/mol. The molecule has 0 aliphatic carbocycles. The number of Topliss-reactive ketones (excluding diaryl/α,β-unsaturated/α-hetero) is 1. The largest absolute Gasteiger partial charge is 0.484 e. The van der Waals surface area contributed by atoms with Crippen molar-refractivity contribution < 1.29 is 46.9 Å². The van der Waals surface area contributed by atoms with Gasteiger partial charge in [-0.15, -0.1) is 22.7 Å². The quantitative estimate of drug-likeness (QED) is 0.0449. The minimum absolute atomic E-state index is 0.00609. The molecule has 2 aliphatic heterocycles. The Kier molecular flexibility index (Phi) is 18.1. The number of rotatable bonds is 21. The van der Waals surface area contributed by atoms with Gasteiger partial charge in [0.05, 0.1) is 75.9 Å². The summed E-state index contributed by atoms with van der Waals surface area (Å²) in [4.78, 5) is 78.5. The third kappa shape index (κ3) is 14.3. The highest BCUT2D eigenvalue weighted by Crippen LogP contribution is 2.36. The minimum atomic E-state index is -3.04. The second kappa shape index (κ2) is 24.0. The third-order valence-corrected chi connectivity index (χ3v) is 16.8. The first-order chi connectivity index (χ1) is 34.7. The monoisotopic (exact) mass is 1060 g/mol. The summed E-state index contributed by atoms with van der Waals surface area (Å²) in [5.74, 6) is -0.516. The molecule has 2 aliphatic rings. The number of fused-ring (bicyclic) bond motifs is 1. The lowest BCUT2D eigenvalue weighted by molar-refractivity contribution is -0.144. The van der Waals surface area contributed by atoms with Crippen LogP contribution in [0, 0.1) is 19.3 Å². The van der Waals surface area contributed by atoms with Crippen LogP contribution in [0.2, 0.25) is 0 Å². The van der Waals surface area contributed by atoms with E-state index in [9.17, 15) is 37.5 Å². The molecule has 3 amide bonds. The molecule has 73 heavy (non-hydrogen) atoms. The number of nitrogens with one attached hydrogen (secondary N) is 2. The smallest absolute Gasteiger partial charge is 0.259 e. The Labute approximate surface area is 433 Å². The highest BCUT2D eigenvalue weighted by atomic mass is 32.2. The molecule has 2 saturated heterocycles. The van der Waals surface area contributed by atoms with Gasteiger partial charge in [0.1, 0.15) is 34.1 Å². The number of thiazole rings is 1. The number of thiophene rings is 1. The van der Waals surface area contributed by atoms with Crippen molar-refractivity contribution in [2.75, 3.05) is 57.6 Å². The number of ether oxygens (including phenoxy) is 3. The van der Waals surface area contributed by atoms with E-state index in [4.69, 9.17) is 19.9 Å². The predicted octanol–water partition coefficient (Wildman–Crippen LogP) is 4.51. The third-order valence-electron chi connectivity index (χ3n) is 12.9. The standard InChI is InChI=1S/C52H65N7O11S3/c1-31-23-35(39-27-58(6)50(64)38-25-43(72-47(38)39)49(53)56-36-15-21-73(66,67)22-16-36)12-14-42(31)70-29-44(62)54-17-18-68-19-20-69-28-45(63)57-48(52(3,4)5)51(65)59-26-37(60)24-40(59)41(61)13-9-33-7-10-34(11-8-33)46-32(2)55-30-71-46/h7-8,10-12,14,23,25,27,30,36-37,40,48,60H,9,13,15-22,24,26,28-29H2,1-6H3,(H2,53,56)(H,54,62)(H,57,63)/t37-,40+,48-/m1/s1. The lowest BCUT2D eigenvalue weighted by Crippen LogP contribution is -2.57. The molecule has 2 fully saturated rings. The zero-order chi connectivity index (χ0) is 52.6. The number of carbonyl (C=O) groups excluding carboxylic acids is 4. The van der Waals surface area contributed by atoms with E-state index < -0.39 is 45.3 Å². The van der Waals surface area contributed by atoms with E-state index in [-0.39, 0.29) is 99.6 Å². The maximum Gasteiger partial charge on any atom is 0.259 e. The molecule has 0 radical (unpaired) electrons. The molecule has 5 aromatic rings. The van der Waals surface area contributed by atoms with Gasteiger partial charge in [-0.3, -0.25) is 29.0 Å². The Balaban J connectivity index is 0.808. The second-order valence-electron chi connectivity index (χ2n) is 19.7. The maximum atomic E-state index is 14.0. The topological polar surface area (TPSA) is 251 Å². The number of likely N-dealkylation sites (tertiary alicyclic amines) is 1. The SMILES string of the molecule is Cc1cc(-c2cn(C)c(=O)c3cc(C(N)=NC4CCS(=O)(=O)CC4)sc23)ccc1OCC(=O)NCCOCCOCC(=O)N[C@H](C(=O)N1C[C@H](O)C[C@H]1C(=O)CCc1ccc(-c2scnc2C)cc1)C(C)(C)C. The van der Waals surface area contributed by atoms with Crippen LogP contribution in [-0.2, 0) is 52.0 Å². The normalized spacial score (nSPS) is 17.7. The Morgan fingerprint density at radius 2 is 1.68 bits per heavy atom. The van der Waals surface area contributed by atoms with Crippen molar-refractivity contribution in [1.82, 2.24) is 25.1 Å². The number of aliphatic imine (C=N–C) groups is 1. The van der Waals surface area contributed by atoms with Gasteiger partial charge in [0, 0.05) is 49.4 Å². The molecular formula is C52H65N7O11S3. The lowest BCUT2D eigenvalue weighted by Gasteiger charge is -2.35. The van der Waals surface area contributed by atoms with Crippen LogP contribution >= 0.6 is 22.7 Å². The van der Waals surface area contributed by atoms with Gasteiger partial charge >= 0.3 is 0 Å². The summed E-state index contributed by atoms with van der Waals surface area (Å²) in [5, 5.41) is 16.6. The van der Waals surface area contributed by atoms with E-state index in [0.29, 0.717) is 35.3 Å². The molecule has 0 saturated carbocycles. The van der Waals surface area contributed by atoms with Crippen LogP contribution in [0.5, 0.6) is 5.75 Å². The molecule has 7 rings (SSSR count). The molecule has 0 unspecified atom stereocenters. The van der Waals surface area contributed by atoms with Crippen molar-refractivity contribution in [2.24, 2.45) is 23.2 Å². The molecule has 5 N–H and O–H groups in total. The van der Waals surface area contributed by atoms with E-state index in [0.717, 1.165) is 43.1 Å². The summed E-state index contributed by atoms with van der Waals surface area (Å²) in [6.45, 7) is 9.31. The van der Waals surface area contributed by atoms with Crippen LogP contribution in [0.3, 0.4) is 0 Å². The van der Waals surface area contributed by atoms with E-state index in [1.54, 1.807) is 36.7 Å². The van der Waals surface area contributed by atoms with Gasteiger partial charge in [-0.2, -0.15) is 0 Å². The summed E-state index contributed by atoms with van der Waals surface area (Å²) in [6, 6.07) is 13.3. The van der Waals surface area contributed by atoms with Crippen molar-refractivity contribution in [2.45, 2.75) is 91.0 Å². The molecular weight excluding hydrogens is 995 g/mol. The minimum Gasteiger partial charge on any atom is -0.484 e. The number of aromatic nitrogens is 2. The second-order valence-corrected chi connectivity index (χ2v) is 23.9.